The highest BCUT2D eigenvalue weighted by Crippen LogP contribution is 2.21. The van der Waals surface area contributed by atoms with Crippen LogP contribution in [0.5, 0.6) is 0 Å². The molecule has 0 bridgehead atoms. The van der Waals surface area contributed by atoms with Crippen molar-refractivity contribution >= 4 is 0 Å². The fraction of sp³-hybridized carbons (Fsp3) is 0.176. The van der Waals surface area contributed by atoms with Crippen LogP contribution in [0, 0.1) is 13.8 Å². The SMILES string of the molecule is Cc1ccc(-c2nc(-c3ccc(C)cc3)[n+](C)o2)cc1. The summed E-state index contributed by atoms with van der Waals surface area (Å²) in [5, 5.41) is 0. The van der Waals surface area contributed by atoms with Gasteiger partial charge in [0.25, 0.3) is 0 Å². The molecule has 0 fully saturated rings. The number of nitrogens with zero attached hydrogens (tertiary/aromatic N) is 2. The molecule has 20 heavy (non-hydrogen) atoms. The van der Waals surface area contributed by atoms with E-state index in [2.05, 4.69) is 55.2 Å². The molecule has 0 atom stereocenters. The second-order valence-corrected chi connectivity index (χ2v) is 5.06. The zero-order valence-electron chi connectivity index (χ0n) is 11.9. The van der Waals surface area contributed by atoms with Gasteiger partial charge in [0.05, 0.1) is 11.1 Å². The smallest absolute Gasteiger partial charge is 0.253 e. The molecule has 0 saturated carbocycles. The molecule has 2 aromatic carbocycles. The Hall–Kier alpha value is -2.42. The normalized spacial score (nSPS) is 10.8. The first-order chi connectivity index (χ1) is 9.63. The average molecular weight is 265 g/mol. The molecule has 0 saturated heterocycles. The Kier molecular flexibility index (Phi) is 3.11. The summed E-state index contributed by atoms with van der Waals surface area (Å²) in [7, 11) is 1.87. The molecule has 0 spiro atoms. The quantitative estimate of drug-likeness (QED) is 0.664. The minimum Gasteiger partial charge on any atom is -0.253 e. The fourth-order valence-electron chi connectivity index (χ4n) is 2.12. The van der Waals surface area contributed by atoms with Gasteiger partial charge in [-0.3, -0.25) is 4.52 Å². The molecule has 1 heterocycles. The van der Waals surface area contributed by atoms with Gasteiger partial charge in [0.15, 0.2) is 0 Å². The van der Waals surface area contributed by atoms with Crippen molar-refractivity contribution in [2.75, 3.05) is 0 Å². The van der Waals surface area contributed by atoms with Crippen LogP contribution in [-0.2, 0) is 7.05 Å². The van der Waals surface area contributed by atoms with Crippen molar-refractivity contribution in [3.05, 3.63) is 59.7 Å². The summed E-state index contributed by atoms with van der Waals surface area (Å²) in [5.41, 5.74) is 4.51. The average Bonchev–Trinajstić information content (AvgIpc) is 2.82. The summed E-state index contributed by atoms with van der Waals surface area (Å²) in [6.45, 7) is 4.14. The van der Waals surface area contributed by atoms with E-state index in [4.69, 9.17) is 4.52 Å². The number of rotatable bonds is 2. The number of hydrogen-bond acceptors (Lipinski definition) is 2. The van der Waals surface area contributed by atoms with Crippen LogP contribution >= 0.6 is 0 Å². The maximum atomic E-state index is 5.73. The zero-order valence-corrected chi connectivity index (χ0v) is 11.9. The number of aryl methyl sites for hydroxylation is 3. The third kappa shape index (κ3) is 2.35. The molecule has 3 heteroatoms. The highest BCUT2D eigenvalue weighted by molar-refractivity contribution is 5.58. The van der Waals surface area contributed by atoms with Gasteiger partial charge in [-0.1, -0.05) is 40.1 Å². The van der Waals surface area contributed by atoms with Gasteiger partial charge in [-0.05, 0) is 38.1 Å². The maximum absolute atomic E-state index is 5.73. The number of hydrogen-bond donors (Lipinski definition) is 0. The van der Waals surface area contributed by atoms with E-state index in [1.54, 1.807) is 4.74 Å². The van der Waals surface area contributed by atoms with Gasteiger partial charge in [-0.25, -0.2) is 0 Å². The molecule has 3 aromatic rings. The monoisotopic (exact) mass is 265 g/mol. The van der Waals surface area contributed by atoms with Crippen LogP contribution in [0.4, 0.5) is 0 Å². The summed E-state index contributed by atoms with van der Waals surface area (Å²) in [5.74, 6) is 1.48. The fourth-order valence-corrected chi connectivity index (χ4v) is 2.12. The lowest BCUT2D eigenvalue weighted by molar-refractivity contribution is -0.835. The third-order valence-electron chi connectivity index (χ3n) is 3.34. The van der Waals surface area contributed by atoms with Crippen molar-refractivity contribution in [3.63, 3.8) is 0 Å². The lowest BCUT2D eigenvalue weighted by atomic mass is 10.1. The topological polar surface area (TPSA) is 29.9 Å². The molecule has 0 amide bonds. The molecule has 0 radical (unpaired) electrons. The van der Waals surface area contributed by atoms with Gasteiger partial charge < -0.3 is 0 Å². The Morgan fingerprint density at radius 2 is 1.30 bits per heavy atom. The molecule has 3 rings (SSSR count). The zero-order chi connectivity index (χ0) is 14.1. The van der Waals surface area contributed by atoms with Gasteiger partial charge in [0.1, 0.15) is 7.05 Å². The summed E-state index contributed by atoms with van der Waals surface area (Å²) in [6, 6.07) is 16.5. The first kappa shape index (κ1) is 12.6. The minimum absolute atomic E-state index is 0.642. The minimum atomic E-state index is 0.642. The predicted molar refractivity (Wildman–Crippen MR) is 78.0 cm³/mol. The van der Waals surface area contributed by atoms with Crippen molar-refractivity contribution in [1.29, 1.82) is 0 Å². The number of aromatic nitrogens is 2. The van der Waals surface area contributed by atoms with Crippen molar-refractivity contribution in [2.45, 2.75) is 13.8 Å². The molecule has 0 N–H and O–H groups in total. The van der Waals surface area contributed by atoms with Crippen LogP contribution < -0.4 is 4.74 Å². The lowest BCUT2D eigenvalue weighted by Crippen LogP contribution is -2.27. The highest BCUT2D eigenvalue weighted by atomic mass is 16.5. The van der Waals surface area contributed by atoms with Crippen molar-refractivity contribution in [3.8, 4) is 22.8 Å². The van der Waals surface area contributed by atoms with Crippen LogP contribution in [0.1, 0.15) is 11.1 Å². The molecule has 3 nitrogen and oxygen atoms in total. The van der Waals surface area contributed by atoms with Crippen LogP contribution in [0.15, 0.2) is 53.1 Å². The third-order valence-corrected chi connectivity index (χ3v) is 3.34. The van der Waals surface area contributed by atoms with Crippen molar-refractivity contribution in [1.82, 2.24) is 4.98 Å². The second-order valence-electron chi connectivity index (χ2n) is 5.06. The molecule has 1 aromatic heterocycles. The van der Waals surface area contributed by atoms with E-state index >= 15 is 0 Å². The largest absolute Gasteiger partial charge is 0.384 e. The first-order valence-electron chi connectivity index (χ1n) is 6.65. The molecule has 0 aliphatic heterocycles. The Morgan fingerprint density at radius 1 is 0.800 bits per heavy atom. The molecular formula is C17H17N2O+. The van der Waals surface area contributed by atoms with E-state index in [-0.39, 0.29) is 0 Å². The Balaban J connectivity index is 2.02. The molecule has 100 valence electrons. The molecule has 0 unspecified atom stereocenters. The predicted octanol–water partition coefficient (Wildman–Crippen LogP) is 3.45. The van der Waals surface area contributed by atoms with E-state index in [0.29, 0.717) is 5.89 Å². The Morgan fingerprint density at radius 3 is 1.85 bits per heavy atom. The van der Waals surface area contributed by atoms with E-state index in [0.717, 1.165) is 17.0 Å². The van der Waals surface area contributed by atoms with E-state index < -0.39 is 0 Å². The van der Waals surface area contributed by atoms with Gasteiger partial charge >= 0.3 is 11.7 Å². The van der Waals surface area contributed by atoms with Crippen molar-refractivity contribution in [2.24, 2.45) is 7.05 Å². The standard InChI is InChI=1S/C17H17N2O/c1-12-4-8-14(9-5-12)16-18-17(20-19(16)3)15-10-6-13(2)7-11-15/h4-11H,1-3H3/q+1. The van der Waals surface area contributed by atoms with E-state index in [9.17, 15) is 0 Å². The lowest BCUT2D eigenvalue weighted by Gasteiger charge is -1.92. The van der Waals surface area contributed by atoms with Crippen molar-refractivity contribution < 1.29 is 9.26 Å². The van der Waals surface area contributed by atoms with Crippen LogP contribution in [-0.4, -0.2) is 4.98 Å². The second kappa shape index (κ2) is 4.93. The molecule has 0 aliphatic rings. The van der Waals surface area contributed by atoms with E-state index in [1.807, 2.05) is 19.2 Å². The number of benzene rings is 2. The Bertz CT molecular complexity index is 725. The van der Waals surface area contributed by atoms with E-state index in [1.165, 1.54) is 11.1 Å². The summed E-state index contributed by atoms with van der Waals surface area (Å²) < 4.78 is 7.44. The van der Waals surface area contributed by atoms with Gasteiger partial charge in [0, 0.05) is 4.98 Å². The molecule has 0 aliphatic carbocycles. The molecular weight excluding hydrogens is 248 g/mol. The van der Waals surface area contributed by atoms with Crippen LogP contribution in [0.3, 0.4) is 0 Å². The Labute approximate surface area is 118 Å². The van der Waals surface area contributed by atoms with Gasteiger partial charge in [0.2, 0.25) is 0 Å². The van der Waals surface area contributed by atoms with Crippen LogP contribution in [0.2, 0.25) is 0 Å². The maximum Gasteiger partial charge on any atom is 0.384 e. The van der Waals surface area contributed by atoms with Gasteiger partial charge in [-0.2, -0.15) is 0 Å². The van der Waals surface area contributed by atoms with Crippen LogP contribution in [0.25, 0.3) is 22.8 Å². The summed E-state index contributed by atoms with van der Waals surface area (Å²) in [4.78, 5) is 4.61. The first-order valence-corrected chi connectivity index (χ1v) is 6.65. The highest BCUT2D eigenvalue weighted by Gasteiger charge is 2.22. The summed E-state index contributed by atoms with van der Waals surface area (Å²) in [6.07, 6.45) is 0. The van der Waals surface area contributed by atoms with Gasteiger partial charge in [-0.15, -0.1) is 0 Å². The summed E-state index contributed by atoms with van der Waals surface area (Å²) >= 11 is 0.